The molecule has 0 saturated carbocycles. The van der Waals surface area contributed by atoms with Crippen molar-refractivity contribution in [3.05, 3.63) is 16.1 Å². The fourth-order valence-electron chi connectivity index (χ4n) is 0.932. The standard InChI is InChI=1S/C8H13NOS/c1-7-9-6-8(11-7)4-2-3-5-10/h6,10H,2-5H2,1H3. The maximum atomic E-state index is 8.54. The normalized spacial score (nSPS) is 10.4. The topological polar surface area (TPSA) is 33.1 Å². The first-order valence-corrected chi connectivity index (χ1v) is 4.67. The van der Waals surface area contributed by atoms with Crippen molar-refractivity contribution in [1.29, 1.82) is 0 Å². The van der Waals surface area contributed by atoms with Crippen molar-refractivity contribution in [2.45, 2.75) is 26.2 Å². The van der Waals surface area contributed by atoms with Crippen LogP contribution in [-0.4, -0.2) is 16.7 Å². The molecule has 0 spiro atoms. The molecular formula is C8H13NOS. The van der Waals surface area contributed by atoms with Crippen LogP contribution in [0.2, 0.25) is 0 Å². The Hall–Kier alpha value is -0.410. The lowest BCUT2D eigenvalue weighted by Crippen LogP contribution is -1.85. The van der Waals surface area contributed by atoms with Crippen LogP contribution in [0.25, 0.3) is 0 Å². The van der Waals surface area contributed by atoms with Gasteiger partial charge in [0.05, 0.1) is 5.01 Å². The van der Waals surface area contributed by atoms with E-state index in [1.54, 1.807) is 11.3 Å². The molecule has 0 atom stereocenters. The number of aryl methyl sites for hydroxylation is 2. The summed E-state index contributed by atoms with van der Waals surface area (Å²) in [5, 5.41) is 9.67. The molecule has 1 heterocycles. The number of hydrogen-bond donors (Lipinski definition) is 1. The molecule has 3 heteroatoms. The molecule has 1 aromatic rings. The highest BCUT2D eigenvalue weighted by atomic mass is 32.1. The Labute approximate surface area is 70.9 Å². The van der Waals surface area contributed by atoms with Crippen molar-refractivity contribution in [3.8, 4) is 0 Å². The summed E-state index contributed by atoms with van der Waals surface area (Å²) in [6.07, 6.45) is 4.96. The van der Waals surface area contributed by atoms with Gasteiger partial charge in [0.15, 0.2) is 0 Å². The van der Waals surface area contributed by atoms with Gasteiger partial charge in [0.2, 0.25) is 0 Å². The largest absolute Gasteiger partial charge is 0.396 e. The molecule has 0 aromatic carbocycles. The van der Waals surface area contributed by atoms with Crippen LogP contribution in [0.15, 0.2) is 6.20 Å². The molecule has 0 aliphatic rings. The number of aliphatic hydroxyl groups excluding tert-OH is 1. The van der Waals surface area contributed by atoms with Crippen molar-refractivity contribution in [2.24, 2.45) is 0 Å². The first-order chi connectivity index (χ1) is 5.33. The summed E-state index contributed by atoms with van der Waals surface area (Å²) in [6, 6.07) is 0. The van der Waals surface area contributed by atoms with E-state index < -0.39 is 0 Å². The van der Waals surface area contributed by atoms with Gasteiger partial charge in [-0.05, 0) is 26.2 Å². The molecule has 0 aliphatic carbocycles. The van der Waals surface area contributed by atoms with Gasteiger partial charge >= 0.3 is 0 Å². The minimum absolute atomic E-state index is 0.303. The Morgan fingerprint density at radius 2 is 2.36 bits per heavy atom. The van der Waals surface area contributed by atoms with Gasteiger partial charge in [-0.1, -0.05) is 0 Å². The summed E-state index contributed by atoms with van der Waals surface area (Å²) in [5.41, 5.74) is 0. The van der Waals surface area contributed by atoms with Gasteiger partial charge < -0.3 is 5.11 Å². The maximum absolute atomic E-state index is 8.54. The van der Waals surface area contributed by atoms with Crippen LogP contribution < -0.4 is 0 Å². The molecule has 1 aromatic heterocycles. The SMILES string of the molecule is Cc1ncc(CCCCO)s1. The Morgan fingerprint density at radius 1 is 1.55 bits per heavy atom. The second kappa shape index (κ2) is 4.46. The van der Waals surface area contributed by atoms with E-state index in [1.165, 1.54) is 4.88 Å². The molecule has 0 radical (unpaired) electrons. The molecule has 1 rings (SSSR count). The van der Waals surface area contributed by atoms with Gasteiger partial charge in [-0.25, -0.2) is 4.98 Å². The molecular weight excluding hydrogens is 158 g/mol. The molecule has 0 bridgehead atoms. The number of aliphatic hydroxyl groups is 1. The first-order valence-electron chi connectivity index (χ1n) is 3.85. The summed E-state index contributed by atoms with van der Waals surface area (Å²) in [7, 11) is 0. The van der Waals surface area contributed by atoms with E-state index >= 15 is 0 Å². The number of thiazole rings is 1. The van der Waals surface area contributed by atoms with Crippen molar-refractivity contribution in [3.63, 3.8) is 0 Å². The lowest BCUT2D eigenvalue weighted by atomic mass is 10.2. The van der Waals surface area contributed by atoms with Crippen LogP contribution in [0.4, 0.5) is 0 Å². The lowest BCUT2D eigenvalue weighted by Gasteiger charge is -1.92. The number of aromatic nitrogens is 1. The fourth-order valence-corrected chi connectivity index (χ4v) is 1.77. The van der Waals surface area contributed by atoms with Crippen LogP contribution in [0, 0.1) is 6.92 Å². The summed E-state index contributed by atoms with van der Waals surface area (Å²) in [5.74, 6) is 0. The van der Waals surface area contributed by atoms with Gasteiger partial charge in [0.25, 0.3) is 0 Å². The Bertz CT molecular complexity index is 210. The summed E-state index contributed by atoms with van der Waals surface area (Å²) < 4.78 is 0. The van der Waals surface area contributed by atoms with Gasteiger partial charge in [-0.3, -0.25) is 0 Å². The Balaban J connectivity index is 2.27. The number of hydrogen-bond acceptors (Lipinski definition) is 3. The van der Waals surface area contributed by atoms with Crippen LogP contribution in [-0.2, 0) is 6.42 Å². The van der Waals surface area contributed by atoms with Gasteiger partial charge in [0, 0.05) is 17.7 Å². The summed E-state index contributed by atoms with van der Waals surface area (Å²) in [6.45, 7) is 2.32. The molecule has 11 heavy (non-hydrogen) atoms. The van der Waals surface area contributed by atoms with E-state index in [-0.39, 0.29) is 0 Å². The molecule has 1 N–H and O–H groups in total. The van der Waals surface area contributed by atoms with E-state index in [2.05, 4.69) is 4.98 Å². The third kappa shape index (κ3) is 2.99. The fraction of sp³-hybridized carbons (Fsp3) is 0.625. The monoisotopic (exact) mass is 171 g/mol. The summed E-state index contributed by atoms with van der Waals surface area (Å²) >= 11 is 1.75. The van der Waals surface area contributed by atoms with Gasteiger partial charge in [-0.15, -0.1) is 11.3 Å². The van der Waals surface area contributed by atoms with Crippen LogP contribution in [0.5, 0.6) is 0 Å². The number of unbranched alkanes of at least 4 members (excludes halogenated alkanes) is 1. The molecule has 0 amide bonds. The van der Waals surface area contributed by atoms with Gasteiger partial charge in [0.1, 0.15) is 0 Å². The lowest BCUT2D eigenvalue weighted by molar-refractivity contribution is 0.285. The molecule has 0 unspecified atom stereocenters. The van der Waals surface area contributed by atoms with Crippen molar-refractivity contribution in [1.82, 2.24) is 4.98 Å². The predicted octanol–water partition coefficient (Wildman–Crippen LogP) is 1.77. The second-order valence-electron chi connectivity index (χ2n) is 2.53. The second-order valence-corrected chi connectivity index (χ2v) is 3.85. The zero-order chi connectivity index (χ0) is 8.10. The minimum Gasteiger partial charge on any atom is -0.396 e. The van der Waals surface area contributed by atoms with E-state index in [4.69, 9.17) is 5.11 Å². The van der Waals surface area contributed by atoms with Gasteiger partial charge in [-0.2, -0.15) is 0 Å². The van der Waals surface area contributed by atoms with Crippen LogP contribution in [0.3, 0.4) is 0 Å². The van der Waals surface area contributed by atoms with E-state index in [0.717, 1.165) is 24.3 Å². The minimum atomic E-state index is 0.303. The van der Waals surface area contributed by atoms with Crippen molar-refractivity contribution in [2.75, 3.05) is 6.61 Å². The highest BCUT2D eigenvalue weighted by Crippen LogP contribution is 2.13. The third-order valence-corrected chi connectivity index (χ3v) is 2.47. The van der Waals surface area contributed by atoms with Crippen molar-refractivity contribution >= 4 is 11.3 Å². The number of nitrogens with zero attached hydrogens (tertiary/aromatic N) is 1. The smallest absolute Gasteiger partial charge is 0.0896 e. The maximum Gasteiger partial charge on any atom is 0.0896 e. The Kier molecular flexibility index (Phi) is 3.52. The zero-order valence-electron chi connectivity index (χ0n) is 6.71. The molecule has 2 nitrogen and oxygen atoms in total. The van der Waals surface area contributed by atoms with E-state index in [0.29, 0.717) is 6.61 Å². The van der Waals surface area contributed by atoms with Crippen molar-refractivity contribution < 1.29 is 5.11 Å². The molecule has 0 saturated heterocycles. The molecule has 0 fully saturated rings. The predicted molar refractivity (Wildman–Crippen MR) is 46.9 cm³/mol. The van der Waals surface area contributed by atoms with Crippen LogP contribution in [0.1, 0.15) is 22.7 Å². The highest BCUT2D eigenvalue weighted by Gasteiger charge is 1.96. The average molecular weight is 171 g/mol. The first kappa shape index (κ1) is 8.68. The quantitative estimate of drug-likeness (QED) is 0.700. The van der Waals surface area contributed by atoms with E-state index in [9.17, 15) is 0 Å². The zero-order valence-corrected chi connectivity index (χ0v) is 7.52. The highest BCUT2D eigenvalue weighted by molar-refractivity contribution is 7.11. The van der Waals surface area contributed by atoms with E-state index in [1.807, 2.05) is 13.1 Å². The summed E-state index contributed by atoms with van der Waals surface area (Å²) in [4.78, 5) is 5.48. The van der Waals surface area contributed by atoms with Crippen LogP contribution >= 0.6 is 11.3 Å². The number of rotatable bonds is 4. The average Bonchev–Trinajstić information content (AvgIpc) is 2.37. The molecule has 0 aliphatic heterocycles. The Morgan fingerprint density at radius 3 is 2.91 bits per heavy atom. The molecule has 62 valence electrons. The third-order valence-electron chi connectivity index (χ3n) is 1.50.